The van der Waals surface area contributed by atoms with Crippen molar-refractivity contribution in [2.45, 2.75) is 12.1 Å². The summed E-state index contributed by atoms with van der Waals surface area (Å²) in [5.41, 5.74) is 5.11. The second-order valence-corrected chi connectivity index (χ2v) is 7.92. The van der Waals surface area contributed by atoms with Crippen molar-refractivity contribution < 1.29 is 9.53 Å². The molecule has 1 aromatic heterocycles. The monoisotopic (exact) mass is 489 g/mol. The number of anilines is 2. The number of nitrogens with one attached hydrogen (secondary N) is 2. The number of hydrazone groups is 1. The second kappa shape index (κ2) is 10.1. The number of nitrogen functional groups attached to an aromatic ring is 1. The van der Waals surface area contributed by atoms with Crippen molar-refractivity contribution in [3.63, 3.8) is 0 Å². The summed E-state index contributed by atoms with van der Waals surface area (Å²) in [6.07, 6.45) is 0. The molecule has 156 valence electrons. The van der Waals surface area contributed by atoms with Gasteiger partial charge in [-0.2, -0.15) is 5.10 Å². The number of methoxy groups -OCH3 is 1. The number of benzene rings is 2. The zero-order valence-electron chi connectivity index (χ0n) is 16.3. The Hall–Kier alpha value is -3.05. The third-order valence-electron chi connectivity index (χ3n) is 3.92. The second-order valence-electron chi connectivity index (χ2n) is 6.06. The van der Waals surface area contributed by atoms with E-state index in [1.807, 2.05) is 55.5 Å². The first-order valence-corrected chi connectivity index (χ1v) is 10.6. The van der Waals surface area contributed by atoms with Crippen LogP contribution in [0, 0.1) is 0 Å². The van der Waals surface area contributed by atoms with Crippen LogP contribution >= 0.6 is 27.7 Å². The first-order valence-electron chi connectivity index (χ1n) is 8.79. The van der Waals surface area contributed by atoms with Gasteiger partial charge in [0.15, 0.2) is 0 Å². The van der Waals surface area contributed by atoms with Crippen molar-refractivity contribution in [3.8, 4) is 5.75 Å². The normalized spacial score (nSPS) is 11.2. The lowest BCUT2D eigenvalue weighted by Crippen LogP contribution is -2.17. The molecule has 9 nitrogen and oxygen atoms in total. The number of thioether (sulfide) groups is 1. The van der Waals surface area contributed by atoms with Gasteiger partial charge in [0.25, 0.3) is 5.95 Å². The number of halogens is 1. The number of aromatic nitrogens is 3. The van der Waals surface area contributed by atoms with Gasteiger partial charge in [-0.1, -0.05) is 45.9 Å². The standard InChI is InChI=1S/C19H20BrN7O2S/c1-12(13-5-3-8-16(9-13)29-2)23-24-18-25-26-19(27(18)21)30-11-17(28)22-15-7-4-6-14(20)10-15/h3-10H,11,21H2,1-2H3,(H,22,28)(H,24,25)/b23-12+. The molecule has 0 spiro atoms. The van der Waals surface area contributed by atoms with E-state index < -0.39 is 0 Å². The predicted molar refractivity (Wildman–Crippen MR) is 122 cm³/mol. The predicted octanol–water partition coefficient (Wildman–Crippen LogP) is 3.33. The van der Waals surface area contributed by atoms with Crippen LogP contribution in [0.15, 0.2) is 63.3 Å². The van der Waals surface area contributed by atoms with Crippen molar-refractivity contribution in [1.82, 2.24) is 14.9 Å². The lowest BCUT2D eigenvalue weighted by molar-refractivity contribution is -0.113. The van der Waals surface area contributed by atoms with Gasteiger partial charge in [0, 0.05) is 15.7 Å². The fraction of sp³-hybridized carbons (Fsp3) is 0.158. The van der Waals surface area contributed by atoms with Crippen LogP contribution in [-0.2, 0) is 4.79 Å². The van der Waals surface area contributed by atoms with Crippen molar-refractivity contribution in [3.05, 3.63) is 58.6 Å². The minimum atomic E-state index is -0.178. The molecule has 4 N–H and O–H groups in total. The number of carbonyl (C=O) groups is 1. The molecule has 2 aromatic carbocycles. The van der Waals surface area contributed by atoms with Gasteiger partial charge < -0.3 is 15.9 Å². The van der Waals surface area contributed by atoms with Crippen molar-refractivity contribution in [1.29, 1.82) is 0 Å². The Balaban J connectivity index is 1.58. The van der Waals surface area contributed by atoms with Gasteiger partial charge in [-0.15, -0.1) is 10.2 Å². The molecule has 0 fully saturated rings. The Bertz CT molecular complexity index is 1070. The number of hydrogen-bond acceptors (Lipinski definition) is 8. The smallest absolute Gasteiger partial charge is 0.264 e. The summed E-state index contributed by atoms with van der Waals surface area (Å²) in [6.45, 7) is 1.85. The fourth-order valence-corrected chi connectivity index (χ4v) is 3.45. The van der Waals surface area contributed by atoms with Gasteiger partial charge in [0.1, 0.15) is 5.75 Å². The van der Waals surface area contributed by atoms with Gasteiger partial charge in [0.2, 0.25) is 11.1 Å². The minimum absolute atomic E-state index is 0.133. The molecule has 0 bridgehead atoms. The van der Waals surface area contributed by atoms with E-state index in [-0.39, 0.29) is 17.6 Å². The molecule has 11 heteroatoms. The van der Waals surface area contributed by atoms with Gasteiger partial charge in [-0.25, -0.2) is 10.1 Å². The van der Waals surface area contributed by atoms with Crippen LogP contribution in [0.1, 0.15) is 12.5 Å². The molecule has 0 saturated heterocycles. The Morgan fingerprint density at radius 3 is 2.83 bits per heavy atom. The molecular weight excluding hydrogens is 470 g/mol. The summed E-state index contributed by atoms with van der Waals surface area (Å²) in [5, 5.41) is 15.5. The molecule has 30 heavy (non-hydrogen) atoms. The van der Waals surface area contributed by atoms with Gasteiger partial charge in [-0.05, 0) is 37.3 Å². The van der Waals surface area contributed by atoms with Crippen LogP contribution in [0.5, 0.6) is 5.75 Å². The number of rotatable bonds is 8. The molecular formula is C19H20BrN7O2S. The van der Waals surface area contributed by atoms with E-state index in [0.717, 1.165) is 21.5 Å². The molecule has 1 heterocycles. The summed E-state index contributed by atoms with van der Waals surface area (Å²) in [4.78, 5) is 12.1. The zero-order chi connectivity index (χ0) is 21.5. The Morgan fingerprint density at radius 1 is 1.27 bits per heavy atom. The van der Waals surface area contributed by atoms with Crippen LogP contribution in [0.3, 0.4) is 0 Å². The Kier molecular flexibility index (Phi) is 7.31. The summed E-state index contributed by atoms with van der Waals surface area (Å²) < 4.78 is 7.35. The number of nitrogens with zero attached hydrogens (tertiary/aromatic N) is 4. The molecule has 0 aliphatic rings. The average molecular weight is 490 g/mol. The van der Waals surface area contributed by atoms with Gasteiger partial charge >= 0.3 is 0 Å². The van der Waals surface area contributed by atoms with Crippen molar-refractivity contribution in [2.24, 2.45) is 5.10 Å². The first kappa shape index (κ1) is 21.7. The number of carbonyl (C=O) groups excluding carboxylic acids is 1. The highest BCUT2D eigenvalue weighted by Gasteiger charge is 2.12. The maximum absolute atomic E-state index is 12.1. The highest BCUT2D eigenvalue weighted by Crippen LogP contribution is 2.19. The summed E-state index contributed by atoms with van der Waals surface area (Å²) in [6, 6.07) is 14.9. The largest absolute Gasteiger partial charge is 0.497 e. The van der Waals surface area contributed by atoms with Crippen LogP contribution < -0.4 is 21.3 Å². The van der Waals surface area contributed by atoms with Gasteiger partial charge in [-0.3, -0.25) is 4.79 Å². The lowest BCUT2D eigenvalue weighted by atomic mass is 10.1. The van der Waals surface area contributed by atoms with Crippen LogP contribution in [0.25, 0.3) is 0 Å². The summed E-state index contributed by atoms with van der Waals surface area (Å²) in [7, 11) is 1.61. The average Bonchev–Trinajstić information content (AvgIpc) is 3.10. The topological polar surface area (TPSA) is 119 Å². The molecule has 3 rings (SSSR count). The molecule has 0 unspecified atom stereocenters. The third kappa shape index (κ3) is 5.74. The van der Waals surface area contributed by atoms with E-state index >= 15 is 0 Å². The Morgan fingerprint density at radius 2 is 2.07 bits per heavy atom. The van der Waals surface area contributed by atoms with E-state index in [9.17, 15) is 4.79 Å². The quantitative estimate of drug-likeness (QED) is 0.192. The van der Waals surface area contributed by atoms with Gasteiger partial charge in [0.05, 0.1) is 18.6 Å². The lowest BCUT2D eigenvalue weighted by Gasteiger charge is -2.06. The van der Waals surface area contributed by atoms with Crippen LogP contribution in [0.4, 0.5) is 11.6 Å². The molecule has 0 aliphatic heterocycles. The molecule has 0 atom stereocenters. The molecule has 3 aromatic rings. The molecule has 0 radical (unpaired) electrons. The number of amides is 1. The Labute approximate surface area is 186 Å². The molecule has 1 amide bonds. The van der Waals surface area contributed by atoms with E-state index in [2.05, 4.69) is 42.0 Å². The maximum Gasteiger partial charge on any atom is 0.264 e. The summed E-state index contributed by atoms with van der Waals surface area (Å²) >= 11 is 4.54. The van der Waals surface area contributed by atoms with E-state index in [0.29, 0.717) is 10.8 Å². The maximum atomic E-state index is 12.1. The fourth-order valence-electron chi connectivity index (χ4n) is 2.39. The number of hydrogen-bond donors (Lipinski definition) is 3. The highest BCUT2D eigenvalue weighted by molar-refractivity contribution is 9.10. The van der Waals surface area contributed by atoms with Crippen molar-refractivity contribution in [2.75, 3.05) is 29.4 Å². The first-order chi connectivity index (χ1) is 14.5. The minimum Gasteiger partial charge on any atom is -0.497 e. The number of ether oxygens (including phenoxy) is 1. The molecule has 0 aliphatic carbocycles. The highest BCUT2D eigenvalue weighted by atomic mass is 79.9. The van der Waals surface area contributed by atoms with Crippen LogP contribution in [-0.4, -0.2) is 39.4 Å². The van der Waals surface area contributed by atoms with E-state index in [1.54, 1.807) is 7.11 Å². The summed E-state index contributed by atoms with van der Waals surface area (Å²) in [5.74, 6) is 6.96. The number of nitrogens with two attached hydrogens (primary N) is 1. The van der Waals surface area contributed by atoms with Crippen LogP contribution in [0.2, 0.25) is 0 Å². The SMILES string of the molecule is COc1cccc(/C(C)=N/Nc2nnc(SCC(=O)Nc3cccc(Br)c3)n2N)c1. The third-order valence-corrected chi connectivity index (χ3v) is 5.35. The molecule has 0 saturated carbocycles. The van der Waals surface area contributed by atoms with Crippen molar-refractivity contribution >= 4 is 50.9 Å². The van der Waals surface area contributed by atoms with E-state index in [4.69, 9.17) is 10.6 Å². The van der Waals surface area contributed by atoms with E-state index in [1.165, 1.54) is 16.4 Å². The zero-order valence-corrected chi connectivity index (χ0v) is 18.7.